The Bertz CT molecular complexity index is 1180. The molecule has 0 N–H and O–H groups in total. The van der Waals surface area contributed by atoms with Crippen molar-refractivity contribution in [1.29, 1.82) is 0 Å². The van der Waals surface area contributed by atoms with Crippen molar-refractivity contribution in [2.24, 2.45) is 0 Å². The molecule has 0 aliphatic rings. The lowest BCUT2D eigenvalue weighted by Gasteiger charge is -2.11. The second-order valence-electron chi connectivity index (χ2n) is 6.00. The second kappa shape index (κ2) is 6.88. The van der Waals surface area contributed by atoms with Gasteiger partial charge in [0.2, 0.25) is 0 Å². The first kappa shape index (κ1) is 16.1. The van der Waals surface area contributed by atoms with Crippen LogP contribution in [0.2, 0.25) is 0 Å². The molecule has 1 heterocycles. The van der Waals surface area contributed by atoms with E-state index in [2.05, 4.69) is 0 Å². The van der Waals surface area contributed by atoms with Crippen molar-refractivity contribution in [1.82, 2.24) is 4.57 Å². The summed E-state index contributed by atoms with van der Waals surface area (Å²) in [5.74, 6) is 0.179. The van der Waals surface area contributed by atoms with Gasteiger partial charge in [-0.2, -0.15) is 0 Å². The molecule has 4 rings (SSSR count). The molecule has 0 saturated heterocycles. The van der Waals surface area contributed by atoms with Gasteiger partial charge in [-0.15, -0.1) is 0 Å². The van der Waals surface area contributed by atoms with Crippen molar-refractivity contribution in [3.05, 3.63) is 87.7 Å². The summed E-state index contributed by atoms with van der Waals surface area (Å²) in [5, 5.41) is 2.59. The monoisotopic (exact) mass is 347 g/mol. The van der Waals surface area contributed by atoms with Crippen molar-refractivity contribution in [3.8, 4) is 5.75 Å². The van der Waals surface area contributed by atoms with Gasteiger partial charge in [0.05, 0.1) is 17.5 Å². The van der Waals surface area contributed by atoms with Crippen LogP contribution >= 0.6 is 0 Å². The van der Waals surface area contributed by atoms with E-state index in [-0.39, 0.29) is 0 Å². The number of fused-ring (bicyclic) bond motifs is 2. The second-order valence-corrected chi connectivity index (χ2v) is 6.00. The van der Waals surface area contributed by atoms with Gasteiger partial charge in [-0.05, 0) is 30.0 Å². The Morgan fingerprint density at radius 1 is 0.846 bits per heavy atom. The zero-order valence-corrected chi connectivity index (χ0v) is 14.1. The van der Waals surface area contributed by atoms with Gasteiger partial charge in [-0.3, -0.25) is 4.57 Å². The van der Waals surface area contributed by atoms with Gasteiger partial charge < -0.3 is 9.15 Å². The van der Waals surface area contributed by atoms with Gasteiger partial charge in [-0.25, -0.2) is 9.59 Å². The number of hydrogen-bond acceptors (Lipinski definition) is 4. The SMILES string of the molecule is O=c1oc(=O)n(CCCOc2cccc3ccccc23)c2ccccc12. The molecule has 0 atom stereocenters. The fourth-order valence-corrected chi connectivity index (χ4v) is 3.11. The standard InChI is InChI=1S/C21H17NO4/c23-20-17-10-3-4-11-18(17)22(21(24)26-20)13-6-14-25-19-12-5-8-15-7-1-2-9-16(15)19/h1-5,7-12H,6,13-14H2. The molecule has 5 heteroatoms. The summed E-state index contributed by atoms with van der Waals surface area (Å²) in [6, 6.07) is 20.9. The van der Waals surface area contributed by atoms with Crippen LogP contribution in [-0.2, 0) is 6.54 Å². The van der Waals surface area contributed by atoms with Crippen LogP contribution in [-0.4, -0.2) is 11.2 Å². The van der Waals surface area contributed by atoms with E-state index in [1.807, 2.05) is 42.5 Å². The molecule has 0 amide bonds. The summed E-state index contributed by atoms with van der Waals surface area (Å²) in [5.41, 5.74) is -0.0206. The molecule has 0 fully saturated rings. The molecule has 5 nitrogen and oxygen atoms in total. The normalized spacial score (nSPS) is 11.1. The number of para-hydroxylation sites is 1. The quantitative estimate of drug-likeness (QED) is 0.518. The van der Waals surface area contributed by atoms with Crippen molar-refractivity contribution >= 4 is 21.7 Å². The maximum Gasteiger partial charge on any atom is 0.422 e. The molecule has 130 valence electrons. The lowest BCUT2D eigenvalue weighted by Crippen LogP contribution is -2.25. The van der Waals surface area contributed by atoms with E-state index in [4.69, 9.17) is 9.15 Å². The third-order valence-electron chi connectivity index (χ3n) is 4.35. The first-order valence-corrected chi connectivity index (χ1v) is 8.47. The molecule has 0 unspecified atom stereocenters. The minimum absolute atomic E-state index is 0.405. The number of ether oxygens (including phenoxy) is 1. The van der Waals surface area contributed by atoms with Crippen molar-refractivity contribution < 1.29 is 9.15 Å². The summed E-state index contributed by atoms with van der Waals surface area (Å²) in [6.07, 6.45) is 0.612. The number of hydrogen-bond donors (Lipinski definition) is 0. The van der Waals surface area contributed by atoms with Crippen molar-refractivity contribution in [3.63, 3.8) is 0 Å². The molecule has 26 heavy (non-hydrogen) atoms. The Morgan fingerprint density at radius 2 is 1.58 bits per heavy atom. The first-order valence-electron chi connectivity index (χ1n) is 8.47. The smallest absolute Gasteiger partial charge is 0.422 e. The maximum absolute atomic E-state index is 12.0. The average Bonchev–Trinajstić information content (AvgIpc) is 2.67. The summed E-state index contributed by atoms with van der Waals surface area (Å²) >= 11 is 0. The Hall–Kier alpha value is -3.34. The predicted molar refractivity (Wildman–Crippen MR) is 101 cm³/mol. The molecule has 0 aliphatic heterocycles. The third-order valence-corrected chi connectivity index (χ3v) is 4.35. The van der Waals surface area contributed by atoms with Gasteiger partial charge in [0, 0.05) is 11.9 Å². The van der Waals surface area contributed by atoms with Crippen LogP contribution < -0.4 is 16.1 Å². The highest BCUT2D eigenvalue weighted by atomic mass is 16.5. The topological polar surface area (TPSA) is 61.4 Å². The molecular weight excluding hydrogens is 330 g/mol. The van der Waals surface area contributed by atoms with Crippen molar-refractivity contribution in [2.75, 3.05) is 6.61 Å². The maximum atomic E-state index is 12.0. The van der Waals surface area contributed by atoms with E-state index in [0.717, 1.165) is 16.5 Å². The van der Waals surface area contributed by atoms with Gasteiger partial charge in [0.1, 0.15) is 5.75 Å². The number of aromatic nitrogens is 1. The average molecular weight is 347 g/mol. The molecule has 0 spiro atoms. The van der Waals surface area contributed by atoms with Gasteiger partial charge in [0.25, 0.3) is 0 Å². The van der Waals surface area contributed by atoms with Crippen LogP contribution in [0, 0.1) is 0 Å². The van der Waals surface area contributed by atoms with Gasteiger partial charge in [0.15, 0.2) is 0 Å². The minimum Gasteiger partial charge on any atom is -0.493 e. The Labute approximate surface area is 149 Å². The molecule has 0 radical (unpaired) electrons. The van der Waals surface area contributed by atoms with Crippen molar-refractivity contribution in [2.45, 2.75) is 13.0 Å². The lowest BCUT2D eigenvalue weighted by molar-refractivity contribution is 0.299. The Kier molecular flexibility index (Phi) is 4.27. The largest absolute Gasteiger partial charge is 0.493 e. The molecule has 1 aromatic heterocycles. The lowest BCUT2D eigenvalue weighted by atomic mass is 10.1. The van der Waals surface area contributed by atoms with Crippen LogP contribution in [0.15, 0.2) is 80.7 Å². The van der Waals surface area contributed by atoms with Crippen LogP contribution in [0.5, 0.6) is 5.75 Å². The summed E-state index contributed by atoms with van der Waals surface area (Å²) in [7, 11) is 0. The number of benzene rings is 3. The highest BCUT2D eigenvalue weighted by Gasteiger charge is 2.08. The first-order chi connectivity index (χ1) is 12.7. The predicted octanol–water partition coefficient (Wildman–Crippen LogP) is 3.58. The van der Waals surface area contributed by atoms with Gasteiger partial charge >= 0.3 is 11.4 Å². The van der Waals surface area contributed by atoms with E-state index in [9.17, 15) is 9.59 Å². The fourth-order valence-electron chi connectivity index (χ4n) is 3.11. The Morgan fingerprint density at radius 3 is 2.46 bits per heavy atom. The molecular formula is C21H17NO4. The number of rotatable bonds is 5. The molecule has 0 bridgehead atoms. The van der Waals surface area contributed by atoms with Crippen LogP contribution in [0.25, 0.3) is 21.7 Å². The van der Waals surface area contributed by atoms with Crippen LogP contribution in [0.1, 0.15) is 6.42 Å². The summed E-state index contributed by atoms with van der Waals surface area (Å²) < 4.78 is 12.2. The zero-order chi connectivity index (χ0) is 17.9. The molecule has 4 aromatic rings. The highest BCUT2D eigenvalue weighted by molar-refractivity contribution is 5.88. The van der Waals surface area contributed by atoms with Crippen LogP contribution in [0.3, 0.4) is 0 Å². The molecule has 3 aromatic carbocycles. The van der Waals surface area contributed by atoms with E-state index < -0.39 is 11.4 Å². The zero-order valence-electron chi connectivity index (χ0n) is 14.1. The van der Waals surface area contributed by atoms with E-state index in [0.29, 0.717) is 30.5 Å². The van der Waals surface area contributed by atoms with E-state index in [1.54, 1.807) is 24.3 Å². The third kappa shape index (κ3) is 2.99. The summed E-state index contributed by atoms with van der Waals surface area (Å²) in [6.45, 7) is 0.863. The number of nitrogens with zero attached hydrogens (tertiary/aromatic N) is 1. The fraction of sp³-hybridized carbons (Fsp3) is 0.143. The molecule has 0 saturated carbocycles. The molecule has 0 aliphatic carbocycles. The van der Waals surface area contributed by atoms with Crippen LogP contribution in [0.4, 0.5) is 0 Å². The van der Waals surface area contributed by atoms with E-state index >= 15 is 0 Å². The van der Waals surface area contributed by atoms with Gasteiger partial charge in [-0.1, -0.05) is 48.5 Å². The Balaban J connectivity index is 1.51. The minimum atomic E-state index is -0.640. The highest BCUT2D eigenvalue weighted by Crippen LogP contribution is 2.25. The van der Waals surface area contributed by atoms with E-state index in [1.165, 1.54) is 4.57 Å². The number of aryl methyl sites for hydroxylation is 1. The summed E-state index contributed by atoms with van der Waals surface area (Å²) in [4.78, 5) is 23.8.